The number of hydrogen-bond donors (Lipinski definition) is 1. The normalized spacial score (nSPS) is 10.4. The topological polar surface area (TPSA) is 81.9 Å². The van der Waals surface area contributed by atoms with Gasteiger partial charge in [0.05, 0.1) is 18.4 Å². The lowest BCUT2D eigenvalue weighted by molar-refractivity contribution is 0.0954. The molecule has 0 radical (unpaired) electrons. The summed E-state index contributed by atoms with van der Waals surface area (Å²) in [5, 5.41) is 14.0. The van der Waals surface area contributed by atoms with Crippen LogP contribution in [0.15, 0.2) is 54.9 Å². The van der Waals surface area contributed by atoms with E-state index < -0.39 is 0 Å². The van der Waals surface area contributed by atoms with Crippen molar-refractivity contribution in [3.05, 3.63) is 66.0 Å². The quantitative estimate of drug-likeness (QED) is 0.746. The van der Waals surface area contributed by atoms with E-state index >= 15 is 0 Å². The Morgan fingerprint density at radius 2 is 1.96 bits per heavy atom. The highest BCUT2D eigenvalue weighted by Gasteiger charge is 2.13. The summed E-state index contributed by atoms with van der Waals surface area (Å²) in [4.78, 5) is 12.5. The van der Waals surface area contributed by atoms with Crippen LogP contribution in [0, 0.1) is 0 Å². The zero-order valence-corrected chi connectivity index (χ0v) is 13.2. The average Bonchev–Trinajstić information content (AvgIpc) is 3.16. The summed E-state index contributed by atoms with van der Waals surface area (Å²) in [6.07, 6.45) is 2.14. The number of nitrogens with one attached hydrogen (secondary N) is 1. The highest BCUT2D eigenvalue weighted by Crippen LogP contribution is 2.17. The van der Waals surface area contributed by atoms with E-state index in [4.69, 9.17) is 4.74 Å². The van der Waals surface area contributed by atoms with Gasteiger partial charge < -0.3 is 10.1 Å². The summed E-state index contributed by atoms with van der Waals surface area (Å²) >= 11 is 0. The molecule has 0 unspecified atom stereocenters. The molecule has 1 N–H and O–H groups in total. The Bertz CT molecular complexity index is 817. The molecule has 3 aromatic rings. The average molecular weight is 323 g/mol. The second-order valence-corrected chi connectivity index (χ2v) is 5.09. The Morgan fingerprint density at radius 1 is 1.17 bits per heavy atom. The third kappa shape index (κ3) is 3.40. The molecule has 0 aliphatic heterocycles. The predicted octanol–water partition coefficient (Wildman–Crippen LogP) is 1.64. The molecular formula is C17H17N5O2. The van der Waals surface area contributed by atoms with Crippen LogP contribution in [0.5, 0.6) is 5.75 Å². The van der Waals surface area contributed by atoms with Gasteiger partial charge in [0, 0.05) is 6.54 Å². The molecule has 0 spiro atoms. The van der Waals surface area contributed by atoms with Gasteiger partial charge in [-0.15, -0.1) is 5.10 Å². The van der Waals surface area contributed by atoms with E-state index in [1.807, 2.05) is 36.4 Å². The van der Waals surface area contributed by atoms with E-state index in [9.17, 15) is 4.79 Å². The van der Waals surface area contributed by atoms with E-state index in [0.29, 0.717) is 24.2 Å². The summed E-state index contributed by atoms with van der Waals surface area (Å²) in [5.41, 5.74) is 2.20. The maximum atomic E-state index is 12.5. The van der Waals surface area contributed by atoms with Gasteiger partial charge in [0.15, 0.2) is 0 Å². The molecule has 0 saturated heterocycles. The van der Waals surface area contributed by atoms with E-state index in [2.05, 4.69) is 20.8 Å². The van der Waals surface area contributed by atoms with Crippen LogP contribution in [0.4, 0.5) is 0 Å². The maximum Gasteiger partial charge on any atom is 0.253 e. The van der Waals surface area contributed by atoms with Crippen molar-refractivity contribution < 1.29 is 9.53 Å². The zero-order chi connectivity index (χ0) is 16.8. The molecule has 0 fully saturated rings. The van der Waals surface area contributed by atoms with Gasteiger partial charge in [-0.25, -0.2) is 0 Å². The summed E-state index contributed by atoms with van der Waals surface area (Å²) in [6.45, 7) is 0.503. The SMILES string of the molecule is COc1ccccc1CCNC(=O)c1ccccc1-n1cnnn1. The number of para-hydroxylation sites is 2. The largest absolute Gasteiger partial charge is 0.496 e. The predicted molar refractivity (Wildman–Crippen MR) is 88.2 cm³/mol. The van der Waals surface area contributed by atoms with Crippen LogP contribution in [0.2, 0.25) is 0 Å². The number of carbonyl (C=O) groups excluding carboxylic acids is 1. The molecule has 0 saturated carbocycles. The molecule has 24 heavy (non-hydrogen) atoms. The van der Waals surface area contributed by atoms with Crippen LogP contribution < -0.4 is 10.1 Å². The summed E-state index contributed by atoms with van der Waals surface area (Å²) in [7, 11) is 1.64. The molecule has 122 valence electrons. The van der Waals surface area contributed by atoms with Gasteiger partial charge in [-0.3, -0.25) is 4.79 Å². The highest BCUT2D eigenvalue weighted by molar-refractivity contribution is 5.97. The van der Waals surface area contributed by atoms with E-state index in [-0.39, 0.29) is 5.91 Å². The number of tetrazole rings is 1. The maximum absolute atomic E-state index is 12.5. The molecule has 2 aromatic carbocycles. The third-order valence-corrected chi connectivity index (χ3v) is 3.62. The number of nitrogens with zero attached hydrogens (tertiary/aromatic N) is 4. The monoisotopic (exact) mass is 323 g/mol. The van der Waals surface area contributed by atoms with Gasteiger partial charge in [-0.05, 0) is 40.6 Å². The van der Waals surface area contributed by atoms with E-state index in [0.717, 1.165) is 11.3 Å². The third-order valence-electron chi connectivity index (χ3n) is 3.62. The van der Waals surface area contributed by atoms with Gasteiger partial charge in [-0.1, -0.05) is 30.3 Å². The second-order valence-electron chi connectivity index (χ2n) is 5.09. The standard InChI is InChI=1S/C17H17N5O2/c1-24-16-9-5-2-6-13(16)10-11-18-17(23)14-7-3-4-8-15(14)22-12-19-20-21-22/h2-9,12H,10-11H2,1H3,(H,18,23). The van der Waals surface area contributed by atoms with E-state index in [1.54, 1.807) is 19.2 Å². The number of rotatable bonds is 6. The van der Waals surface area contributed by atoms with Crippen molar-refractivity contribution in [2.24, 2.45) is 0 Å². The lowest BCUT2D eigenvalue weighted by Crippen LogP contribution is -2.27. The fourth-order valence-electron chi connectivity index (χ4n) is 2.45. The molecule has 1 heterocycles. The van der Waals surface area contributed by atoms with Gasteiger partial charge in [0.1, 0.15) is 12.1 Å². The number of ether oxygens (including phenoxy) is 1. The Balaban J connectivity index is 1.68. The van der Waals surface area contributed by atoms with Gasteiger partial charge >= 0.3 is 0 Å². The van der Waals surface area contributed by atoms with Crippen LogP contribution in [-0.4, -0.2) is 39.8 Å². The van der Waals surface area contributed by atoms with Crippen molar-refractivity contribution in [1.82, 2.24) is 25.5 Å². The molecule has 7 nitrogen and oxygen atoms in total. The Labute approximate surface area is 139 Å². The smallest absolute Gasteiger partial charge is 0.253 e. The van der Waals surface area contributed by atoms with Gasteiger partial charge in [0.2, 0.25) is 0 Å². The minimum absolute atomic E-state index is 0.170. The fourth-order valence-corrected chi connectivity index (χ4v) is 2.45. The number of methoxy groups -OCH3 is 1. The van der Waals surface area contributed by atoms with Crippen LogP contribution in [0.25, 0.3) is 5.69 Å². The molecule has 1 aromatic heterocycles. The van der Waals surface area contributed by atoms with Crippen molar-refractivity contribution >= 4 is 5.91 Å². The Kier molecular flexibility index (Phi) is 4.81. The van der Waals surface area contributed by atoms with Crippen molar-refractivity contribution in [2.45, 2.75) is 6.42 Å². The molecule has 1 amide bonds. The minimum Gasteiger partial charge on any atom is -0.496 e. The Hall–Kier alpha value is -3.22. The van der Waals surface area contributed by atoms with Gasteiger partial charge in [0.25, 0.3) is 5.91 Å². The van der Waals surface area contributed by atoms with Crippen molar-refractivity contribution in [3.8, 4) is 11.4 Å². The number of aromatic nitrogens is 4. The lowest BCUT2D eigenvalue weighted by atomic mass is 10.1. The first kappa shape index (κ1) is 15.7. The highest BCUT2D eigenvalue weighted by atomic mass is 16.5. The molecular weight excluding hydrogens is 306 g/mol. The minimum atomic E-state index is -0.170. The summed E-state index contributed by atoms with van der Waals surface area (Å²) < 4.78 is 6.78. The second kappa shape index (κ2) is 7.36. The number of carbonyl (C=O) groups is 1. The number of benzene rings is 2. The zero-order valence-electron chi connectivity index (χ0n) is 13.2. The van der Waals surface area contributed by atoms with E-state index in [1.165, 1.54) is 11.0 Å². The van der Waals surface area contributed by atoms with Gasteiger partial charge in [-0.2, -0.15) is 4.68 Å². The van der Waals surface area contributed by atoms with Crippen molar-refractivity contribution in [1.29, 1.82) is 0 Å². The first-order valence-electron chi connectivity index (χ1n) is 7.52. The first-order chi connectivity index (χ1) is 11.8. The van der Waals surface area contributed by atoms with Crippen LogP contribution in [-0.2, 0) is 6.42 Å². The lowest BCUT2D eigenvalue weighted by Gasteiger charge is -2.11. The summed E-state index contributed by atoms with van der Waals surface area (Å²) in [5.74, 6) is 0.650. The first-order valence-corrected chi connectivity index (χ1v) is 7.52. The van der Waals surface area contributed by atoms with Crippen molar-refractivity contribution in [2.75, 3.05) is 13.7 Å². The van der Waals surface area contributed by atoms with Crippen molar-refractivity contribution in [3.63, 3.8) is 0 Å². The van der Waals surface area contributed by atoms with Crippen LogP contribution >= 0.6 is 0 Å². The molecule has 0 atom stereocenters. The molecule has 7 heteroatoms. The number of amides is 1. The Morgan fingerprint density at radius 3 is 2.75 bits per heavy atom. The van der Waals surface area contributed by atoms with Crippen LogP contribution in [0.1, 0.15) is 15.9 Å². The molecule has 0 aliphatic carbocycles. The molecule has 3 rings (SSSR count). The number of hydrogen-bond acceptors (Lipinski definition) is 5. The molecule has 0 aliphatic rings. The summed E-state index contributed by atoms with van der Waals surface area (Å²) in [6, 6.07) is 15.0. The van der Waals surface area contributed by atoms with Crippen LogP contribution in [0.3, 0.4) is 0 Å². The molecule has 0 bridgehead atoms. The fraction of sp³-hybridized carbons (Fsp3) is 0.176.